The summed E-state index contributed by atoms with van der Waals surface area (Å²) in [5, 5.41) is 26.7. The molecule has 0 amide bonds. The molecule has 4 unspecified atom stereocenters. The zero-order chi connectivity index (χ0) is 9.84. The average molecular weight is 212 g/mol. The molecule has 78 valence electrons. The minimum atomic E-state index is -1.06. The van der Waals surface area contributed by atoms with Gasteiger partial charge >= 0.3 is 0 Å². The minimum absolute atomic E-state index is 0.217. The molecule has 1 aliphatic rings. The van der Waals surface area contributed by atoms with E-state index < -0.39 is 24.6 Å². The van der Waals surface area contributed by atoms with Crippen molar-refractivity contribution in [1.29, 1.82) is 0 Å². The molecule has 0 saturated carbocycles. The van der Waals surface area contributed by atoms with Crippen molar-refractivity contribution in [3.63, 3.8) is 0 Å². The van der Waals surface area contributed by atoms with E-state index in [0.717, 1.165) is 12.0 Å². The first-order valence-electron chi connectivity index (χ1n) is 3.68. The van der Waals surface area contributed by atoms with Crippen molar-refractivity contribution in [1.82, 2.24) is 0 Å². The van der Waals surface area contributed by atoms with Crippen LogP contribution in [0.3, 0.4) is 0 Å². The first kappa shape index (κ1) is 11.2. The van der Waals surface area contributed by atoms with Gasteiger partial charge in [0.15, 0.2) is 6.29 Å². The Morgan fingerprint density at radius 3 is 2.54 bits per heavy atom. The molecule has 1 rings (SSSR count). The van der Waals surface area contributed by atoms with Gasteiger partial charge < -0.3 is 19.7 Å². The van der Waals surface area contributed by atoms with E-state index in [4.69, 9.17) is 14.7 Å². The molecule has 13 heavy (non-hydrogen) atoms. The highest BCUT2D eigenvalue weighted by Gasteiger charge is 2.42. The highest BCUT2D eigenvalue weighted by atomic mass is 32.2. The van der Waals surface area contributed by atoms with E-state index >= 15 is 0 Å². The van der Waals surface area contributed by atoms with Gasteiger partial charge in [0.25, 0.3) is 0 Å². The molecule has 1 fully saturated rings. The van der Waals surface area contributed by atoms with E-state index in [0.29, 0.717) is 0 Å². The summed E-state index contributed by atoms with van der Waals surface area (Å²) in [6, 6.07) is 0. The maximum atomic E-state index is 9.38. The molecular formula is C6H12O6S. The van der Waals surface area contributed by atoms with Gasteiger partial charge in [-0.25, -0.2) is 5.26 Å². The monoisotopic (exact) mass is 212 g/mol. The minimum Gasteiger partial charge on any atom is -0.387 e. The molecule has 0 aromatic carbocycles. The van der Waals surface area contributed by atoms with Crippen molar-refractivity contribution in [2.75, 3.05) is 12.9 Å². The lowest BCUT2D eigenvalue weighted by Crippen LogP contribution is -2.33. The van der Waals surface area contributed by atoms with Crippen LogP contribution >= 0.6 is 12.0 Å². The zero-order valence-electron chi connectivity index (χ0n) is 6.99. The molecule has 1 heterocycles. The Hall–Kier alpha value is 0.110. The number of aliphatic hydroxyl groups is 2. The lowest BCUT2D eigenvalue weighted by Gasteiger charge is -2.11. The molecule has 1 aliphatic heterocycles. The number of hydrogen-bond donors (Lipinski definition) is 3. The lowest BCUT2D eigenvalue weighted by molar-refractivity contribution is -0.146. The molecular weight excluding hydrogens is 200 g/mol. The van der Waals surface area contributed by atoms with E-state index in [-0.39, 0.29) is 5.75 Å². The van der Waals surface area contributed by atoms with Crippen molar-refractivity contribution in [2.45, 2.75) is 24.6 Å². The van der Waals surface area contributed by atoms with E-state index in [1.807, 2.05) is 0 Å². The van der Waals surface area contributed by atoms with Crippen LogP contribution in [0.4, 0.5) is 0 Å². The summed E-state index contributed by atoms with van der Waals surface area (Å²) in [4.78, 5) is 0. The summed E-state index contributed by atoms with van der Waals surface area (Å²) in [5.74, 6) is 0.217. The van der Waals surface area contributed by atoms with Crippen molar-refractivity contribution in [2.24, 2.45) is 0 Å². The van der Waals surface area contributed by atoms with Gasteiger partial charge in [-0.05, 0) is 0 Å². The van der Waals surface area contributed by atoms with Gasteiger partial charge in [0.1, 0.15) is 18.3 Å². The smallest absolute Gasteiger partial charge is 0.186 e. The zero-order valence-corrected chi connectivity index (χ0v) is 7.81. The molecule has 3 N–H and O–H groups in total. The van der Waals surface area contributed by atoms with Crippen LogP contribution < -0.4 is 0 Å². The summed E-state index contributed by atoms with van der Waals surface area (Å²) in [6.45, 7) is 0. The van der Waals surface area contributed by atoms with Crippen LogP contribution in [0.15, 0.2) is 0 Å². The van der Waals surface area contributed by atoms with Crippen LogP contribution in [-0.4, -0.2) is 52.9 Å². The summed E-state index contributed by atoms with van der Waals surface area (Å²) in [6.07, 6.45) is -3.50. The third kappa shape index (κ3) is 2.53. The number of ether oxygens (including phenoxy) is 2. The van der Waals surface area contributed by atoms with Crippen molar-refractivity contribution < 1.29 is 29.3 Å². The molecule has 6 nitrogen and oxygen atoms in total. The molecule has 4 atom stereocenters. The van der Waals surface area contributed by atoms with Gasteiger partial charge in [0.2, 0.25) is 0 Å². The van der Waals surface area contributed by atoms with Gasteiger partial charge in [-0.3, -0.25) is 0 Å². The predicted molar refractivity (Wildman–Crippen MR) is 43.9 cm³/mol. The van der Waals surface area contributed by atoms with Crippen molar-refractivity contribution >= 4 is 12.0 Å². The second-order valence-corrected chi connectivity index (χ2v) is 3.34. The fourth-order valence-corrected chi connectivity index (χ4v) is 1.62. The Kier molecular flexibility index (Phi) is 4.39. The maximum Gasteiger partial charge on any atom is 0.186 e. The van der Waals surface area contributed by atoms with E-state index in [1.54, 1.807) is 0 Å². The summed E-state index contributed by atoms with van der Waals surface area (Å²) >= 11 is 0.728. The van der Waals surface area contributed by atoms with Crippen LogP contribution in [-0.2, 0) is 13.8 Å². The Morgan fingerprint density at radius 2 is 2.08 bits per heavy atom. The molecule has 0 aromatic rings. The fourth-order valence-electron chi connectivity index (χ4n) is 1.14. The van der Waals surface area contributed by atoms with Gasteiger partial charge in [-0.1, -0.05) is 0 Å². The second kappa shape index (κ2) is 5.11. The lowest BCUT2D eigenvalue weighted by atomic mass is 10.2. The predicted octanol–water partition coefficient (Wildman–Crippen LogP) is -0.783. The molecule has 0 bridgehead atoms. The van der Waals surface area contributed by atoms with E-state index in [9.17, 15) is 10.2 Å². The normalized spacial score (nSPS) is 39.7. The third-order valence-electron chi connectivity index (χ3n) is 1.84. The van der Waals surface area contributed by atoms with Crippen LogP contribution in [0.5, 0.6) is 0 Å². The van der Waals surface area contributed by atoms with Gasteiger partial charge in [0, 0.05) is 19.2 Å². The molecule has 0 aromatic heterocycles. The standard InChI is InChI=1S/C6H12O6S/c1-10-6-5(8)4(7)3(11-6)2-13-12-9/h3-9H,2H2,1H3. The Labute approximate surface area is 79.5 Å². The summed E-state index contributed by atoms with van der Waals surface area (Å²) < 4.78 is 13.6. The largest absolute Gasteiger partial charge is 0.387 e. The summed E-state index contributed by atoms with van der Waals surface area (Å²) in [7, 11) is 1.37. The van der Waals surface area contributed by atoms with Crippen LogP contribution in [0, 0.1) is 0 Å². The highest BCUT2D eigenvalue weighted by molar-refractivity contribution is 7.94. The van der Waals surface area contributed by atoms with Gasteiger partial charge in [-0.15, -0.1) is 0 Å². The number of hydrogen-bond acceptors (Lipinski definition) is 7. The Morgan fingerprint density at radius 1 is 1.38 bits per heavy atom. The first-order chi connectivity index (χ1) is 6.20. The van der Waals surface area contributed by atoms with Crippen molar-refractivity contribution in [3.05, 3.63) is 0 Å². The average Bonchev–Trinajstić information content (AvgIpc) is 2.41. The van der Waals surface area contributed by atoms with E-state index in [2.05, 4.69) is 4.33 Å². The van der Waals surface area contributed by atoms with Crippen LogP contribution in [0.1, 0.15) is 0 Å². The SMILES string of the molecule is COC1OC(CSOO)C(O)C1O. The fraction of sp³-hybridized carbons (Fsp3) is 1.00. The summed E-state index contributed by atoms with van der Waals surface area (Å²) in [5.41, 5.74) is 0. The molecule has 7 heteroatoms. The molecule has 1 saturated heterocycles. The number of rotatable bonds is 4. The van der Waals surface area contributed by atoms with Gasteiger partial charge in [0.05, 0.1) is 5.75 Å². The third-order valence-corrected chi connectivity index (χ3v) is 2.41. The van der Waals surface area contributed by atoms with Gasteiger partial charge in [-0.2, -0.15) is 4.33 Å². The maximum absolute atomic E-state index is 9.38. The first-order valence-corrected chi connectivity index (χ1v) is 4.59. The molecule has 0 radical (unpaired) electrons. The van der Waals surface area contributed by atoms with Crippen molar-refractivity contribution in [3.8, 4) is 0 Å². The number of aliphatic hydroxyl groups excluding tert-OH is 2. The highest BCUT2D eigenvalue weighted by Crippen LogP contribution is 2.24. The topological polar surface area (TPSA) is 88.4 Å². The molecule has 0 spiro atoms. The van der Waals surface area contributed by atoms with E-state index in [1.165, 1.54) is 7.11 Å². The second-order valence-electron chi connectivity index (χ2n) is 2.62. The number of methoxy groups -OCH3 is 1. The Bertz CT molecular complexity index is 156. The van der Waals surface area contributed by atoms with Crippen LogP contribution in [0.25, 0.3) is 0 Å². The van der Waals surface area contributed by atoms with Crippen LogP contribution in [0.2, 0.25) is 0 Å². The molecule has 0 aliphatic carbocycles. The quantitative estimate of drug-likeness (QED) is 0.320. The Balaban J connectivity index is 2.40.